The van der Waals surface area contributed by atoms with Crippen molar-refractivity contribution in [2.24, 2.45) is 0 Å². The summed E-state index contributed by atoms with van der Waals surface area (Å²) in [5.41, 5.74) is 11.9. The number of aromatic nitrogens is 8. The number of thiol groups is 1. The van der Waals surface area contributed by atoms with Gasteiger partial charge in [0.05, 0.1) is 19.3 Å². The number of fused-ring (bicyclic) bond motifs is 2. The Morgan fingerprint density at radius 1 is 0.878 bits per heavy atom. The third-order valence-electron chi connectivity index (χ3n) is 6.86. The second-order valence-electron chi connectivity index (χ2n) is 9.29. The van der Waals surface area contributed by atoms with Crippen LogP contribution in [0.1, 0.15) is 19.4 Å². The van der Waals surface area contributed by atoms with Gasteiger partial charge in [0.15, 0.2) is 41.7 Å². The molecule has 41 heavy (non-hydrogen) atoms. The van der Waals surface area contributed by atoms with Crippen LogP contribution in [0.3, 0.4) is 0 Å². The first kappa shape index (κ1) is 27.9. The molecule has 9 atom stereocenters. The van der Waals surface area contributed by atoms with Crippen molar-refractivity contribution < 1.29 is 39.0 Å². The quantitative estimate of drug-likeness (QED) is 0.0938. The Balaban J connectivity index is 1.11. The maximum Gasteiger partial charge on any atom is 0.204 e. The van der Waals surface area contributed by atoms with Gasteiger partial charge in [0, 0.05) is 6.61 Å². The minimum Gasteiger partial charge on any atom is -0.386 e. The van der Waals surface area contributed by atoms with Crippen LogP contribution >= 0.6 is 12.6 Å². The van der Waals surface area contributed by atoms with Crippen LogP contribution in [0.4, 0.5) is 11.6 Å². The number of anilines is 2. The molecule has 2 aliphatic rings. The Morgan fingerprint density at radius 2 is 1.44 bits per heavy atom. The zero-order valence-corrected chi connectivity index (χ0v) is 22.4. The summed E-state index contributed by atoms with van der Waals surface area (Å²) in [6, 6.07) is 0. The van der Waals surface area contributed by atoms with E-state index in [1.165, 1.54) is 29.9 Å². The maximum atomic E-state index is 11.0. The second-order valence-corrected chi connectivity index (χ2v) is 9.71. The van der Waals surface area contributed by atoms with Crippen LogP contribution in [0.2, 0.25) is 0 Å². The molecule has 18 nitrogen and oxygen atoms in total. The molecule has 0 spiro atoms. The Labute approximate surface area is 236 Å². The lowest BCUT2D eigenvalue weighted by molar-refractivity contribution is -0.201. The van der Waals surface area contributed by atoms with Gasteiger partial charge in [0.25, 0.3) is 0 Å². The van der Waals surface area contributed by atoms with E-state index in [1.807, 2.05) is 0 Å². The smallest absolute Gasteiger partial charge is 0.204 e. The molecule has 6 heterocycles. The van der Waals surface area contributed by atoms with Crippen LogP contribution in [0.15, 0.2) is 25.3 Å². The molecule has 0 radical (unpaired) electrons. The summed E-state index contributed by atoms with van der Waals surface area (Å²) in [7, 11) is 0. The highest BCUT2D eigenvalue weighted by Crippen LogP contribution is 2.36. The van der Waals surface area contributed by atoms with Gasteiger partial charge in [-0.3, -0.25) is 9.13 Å². The Bertz CT molecular complexity index is 1520. The molecule has 0 bridgehead atoms. The van der Waals surface area contributed by atoms with Crippen molar-refractivity contribution in [2.75, 3.05) is 24.7 Å². The van der Waals surface area contributed by atoms with Gasteiger partial charge >= 0.3 is 0 Å². The number of rotatable bonds is 9. The number of aliphatic hydroxyl groups is 3. The van der Waals surface area contributed by atoms with E-state index in [-0.39, 0.29) is 18.2 Å². The third-order valence-corrected chi connectivity index (χ3v) is 7.13. The fraction of sp³-hybridized carbons (Fsp3) is 0.545. The van der Waals surface area contributed by atoms with Crippen LogP contribution in [0, 0.1) is 0 Å². The maximum absolute atomic E-state index is 11.0. The first-order chi connectivity index (χ1) is 19.8. The zero-order valence-electron chi connectivity index (χ0n) is 21.5. The number of imidazole rings is 2. The third kappa shape index (κ3) is 4.94. The van der Waals surface area contributed by atoms with Gasteiger partial charge in [-0.1, -0.05) is 0 Å². The van der Waals surface area contributed by atoms with Crippen LogP contribution in [0.25, 0.3) is 22.3 Å². The number of aliphatic hydroxyl groups excluding tert-OH is 3. The predicted octanol–water partition coefficient (Wildman–Crippen LogP) is -1.68. The summed E-state index contributed by atoms with van der Waals surface area (Å²) in [6.07, 6.45) is -3.41. The van der Waals surface area contributed by atoms with Gasteiger partial charge < -0.3 is 50.5 Å². The SMILES string of the molecule is CCOC1C(COC(S)OC2C(O)OC(n3cnc4c(N)ncnc43)C2O)OC(n2cnc3c(N)ncnc32)C1O. The van der Waals surface area contributed by atoms with Crippen molar-refractivity contribution in [2.45, 2.75) is 61.8 Å². The topological polar surface area (TPSA) is 246 Å². The number of hydrogen-bond acceptors (Lipinski definition) is 17. The molecule has 0 saturated carbocycles. The van der Waals surface area contributed by atoms with Crippen molar-refractivity contribution >= 4 is 46.6 Å². The van der Waals surface area contributed by atoms with Crippen molar-refractivity contribution in [3.05, 3.63) is 25.3 Å². The second kappa shape index (κ2) is 11.2. The van der Waals surface area contributed by atoms with E-state index in [9.17, 15) is 15.3 Å². The zero-order chi connectivity index (χ0) is 28.8. The molecule has 2 saturated heterocycles. The lowest BCUT2D eigenvalue weighted by Gasteiger charge is -2.24. The summed E-state index contributed by atoms with van der Waals surface area (Å²) in [5.74, 6) is 0.350. The molecule has 0 amide bonds. The lowest BCUT2D eigenvalue weighted by atomic mass is 10.1. The summed E-state index contributed by atoms with van der Waals surface area (Å²) in [4.78, 5) is 24.5. The standard InChI is InChI=1S/C22H28N10O8S/c1-2-36-13-8(38-19(11(13)33)31-6-29-9-15(23)25-4-27-17(9)31)3-37-22(41)39-14-12(34)20(40-21(14)35)32-7-30-10-16(24)26-5-28-18(10)32/h4-8,11-14,19-22,33-35,41H,2-3H2,1H3,(H2,23,25,27)(H2,24,26,28). The molecule has 9 unspecified atom stereocenters. The fourth-order valence-corrected chi connectivity index (χ4v) is 5.18. The van der Waals surface area contributed by atoms with E-state index >= 15 is 0 Å². The normalized spacial score (nSPS) is 31.0. The molecule has 6 rings (SSSR count). The molecule has 4 aromatic heterocycles. The van der Waals surface area contributed by atoms with Crippen LogP contribution in [-0.4, -0.2) is 110 Å². The first-order valence-electron chi connectivity index (χ1n) is 12.6. The van der Waals surface area contributed by atoms with Gasteiger partial charge in [0.2, 0.25) is 5.62 Å². The van der Waals surface area contributed by atoms with E-state index < -0.39 is 54.9 Å². The number of nitrogens with zero attached hydrogens (tertiary/aromatic N) is 8. The van der Waals surface area contributed by atoms with Crippen molar-refractivity contribution in [1.29, 1.82) is 0 Å². The highest BCUT2D eigenvalue weighted by molar-refractivity contribution is 7.80. The summed E-state index contributed by atoms with van der Waals surface area (Å²) >= 11 is 4.30. The van der Waals surface area contributed by atoms with Crippen LogP contribution in [-0.2, 0) is 23.7 Å². The highest BCUT2D eigenvalue weighted by Gasteiger charge is 2.48. The molecule has 0 aromatic carbocycles. The van der Waals surface area contributed by atoms with Crippen molar-refractivity contribution in [3.63, 3.8) is 0 Å². The van der Waals surface area contributed by atoms with Crippen molar-refractivity contribution in [3.8, 4) is 0 Å². The van der Waals surface area contributed by atoms with Crippen molar-refractivity contribution in [1.82, 2.24) is 39.0 Å². The predicted molar refractivity (Wildman–Crippen MR) is 141 cm³/mol. The van der Waals surface area contributed by atoms with E-state index in [0.717, 1.165) is 0 Å². The summed E-state index contributed by atoms with van der Waals surface area (Å²) in [5, 5.41) is 32.4. The van der Waals surface area contributed by atoms with Gasteiger partial charge in [-0.15, -0.1) is 12.6 Å². The van der Waals surface area contributed by atoms with Gasteiger partial charge in [-0.25, -0.2) is 29.9 Å². The average Bonchev–Trinajstić information content (AvgIpc) is 3.71. The fourth-order valence-electron chi connectivity index (χ4n) is 4.95. The molecule has 2 fully saturated rings. The Kier molecular flexibility index (Phi) is 7.61. The summed E-state index contributed by atoms with van der Waals surface area (Å²) in [6.45, 7) is 1.96. The Hall–Kier alpha value is -3.27. The van der Waals surface area contributed by atoms with E-state index in [0.29, 0.717) is 28.9 Å². The van der Waals surface area contributed by atoms with Gasteiger partial charge in [-0.2, -0.15) is 0 Å². The largest absolute Gasteiger partial charge is 0.386 e. The molecule has 19 heteroatoms. The number of ether oxygens (including phenoxy) is 5. The average molecular weight is 593 g/mol. The minimum absolute atomic E-state index is 0.123. The number of hydrogen-bond donors (Lipinski definition) is 6. The van der Waals surface area contributed by atoms with Crippen LogP contribution in [0.5, 0.6) is 0 Å². The number of nitrogens with two attached hydrogens (primary N) is 2. The molecule has 4 aromatic rings. The molecule has 2 aliphatic heterocycles. The van der Waals surface area contributed by atoms with Crippen LogP contribution < -0.4 is 11.5 Å². The molecule has 220 valence electrons. The molecular formula is C22H28N10O8S. The summed E-state index contributed by atoms with van der Waals surface area (Å²) < 4.78 is 31.7. The molecular weight excluding hydrogens is 564 g/mol. The lowest BCUT2D eigenvalue weighted by Crippen LogP contribution is -2.39. The highest BCUT2D eigenvalue weighted by atomic mass is 32.1. The van der Waals surface area contributed by atoms with Gasteiger partial charge in [-0.05, 0) is 6.92 Å². The molecule has 0 aliphatic carbocycles. The number of nitrogen functional groups attached to an aromatic ring is 2. The van der Waals surface area contributed by atoms with Gasteiger partial charge in [0.1, 0.15) is 54.2 Å². The molecule has 7 N–H and O–H groups in total. The monoisotopic (exact) mass is 592 g/mol. The first-order valence-corrected chi connectivity index (χ1v) is 13.1. The minimum atomic E-state index is -1.53. The van der Waals surface area contributed by atoms with E-state index in [2.05, 4.69) is 42.5 Å². The van der Waals surface area contributed by atoms with E-state index in [4.69, 9.17) is 35.2 Å². The van der Waals surface area contributed by atoms with E-state index in [1.54, 1.807) is 11.5 Å². The Morgan fingerprint density at radius 3 is 2.02 bits per heavy atom.